The number of rotatable bonds is 6. The first kappa shape index (κ1) is 20.8. The highest BCUT2D eigenvalue weighted by molar-refractivity contribution is 14.0. The van der Waals surface area contributed by atoms with Gasteiger partial charge in [0.2, 0.25) is 5.91 Å². The zero-order valence-electron chi connectivity index (χ0n) is 15.9. The van der Waals surface area contributed by atoms with Crippen molar-refractivity contribution in [1.29, 1.82) is 0 Å². The van der Waals surface area contributed by atoms with Gasteiger partial charge in [0, 0.05) is 39.6 Å². The van der Waals surface area contributed by atoms with Crippen molar-refractivity contribution < 1.29 is 4.79 Å². The highest BCUT2D eigenvalue weighted by Crippen LogP contribution is 2.57. The van der Waals surface area contributed by atoms with Crippen molar-refractivity contribution in [3.8, 4) is 0 Å². The minimum atomic E-state index is 0. The Hall–Kier alpha value is -0.530. The van der Waals surface area contributed by atoms with Gasteiger partial charge in [0.1, 0.15) is 0 Å². The van der Waals surface area contributed by atoms with Gasteiger partial charge in [-0.2, -0.15) is 0 Å². The first-order chi connectivity index (χ1) is 11.7. The molecule has 0 aromatic heterocycles. The largest absolute Gasteiger partial charge is 0.359 e. The summed E-state index contributed by atoms with van der Waals surface area (Å²) in [5.41, 5.74) is 0.540. The van der Waals surface area contributed by atoms with E-state index < -0.39 is 0 Å². The fraction of sp³-hybridized carbons (Fsp3) is 0.895. The van der Waals surface area contributed by atoms with Crippen molar-refractivity contribution in [2.24, 2.45) is 22.2 Å². The maximum Gasteiger partial charge on any atom is 0.220 e. The number of hydrogen-bond acceptors (Lipinski definition) is 2. The molecule has 3 rings (SSSR count). The van der Waals surface area contributed by atoms with Crippen molar-refractivity contribution in [3.63, 3.8) is 0 Å². The number of halogens is 1. The Morgan fingerprint density at radius 1 is 1.20 bits per heavy atom. The van der Waals surface area contributed by atoms with Crippen LogP contribution in [0.4, 0.5) is 0 Å². The fourth-order valence-corrected chi connectivity index (χ4v) is 4.39. The van der Waals surface area contributed by atoms with E-state index in [4.69, 9.17) is 4.99 Å². The summed E-state index contributed by atoms with van der Waals surface area (Å²) in [6.07, 6.45) is 9.87. The van der Waals surface area contributed by atoms with Gasteiger partial charge in [0.15, 0.2) is 5.96 Å². The Kier molecular flexibility index (Phi) is 7.83. The molecule has 2 aliphatic carbocycles. The second-order valence-corrected chi connectivity index (χ2v) is 7.97. The van der Waals surface area contributed by atoms with Gasteiger partial charge >= 0.3 is 0 Å². The van der Waals surface area contributed by atoms with Crippen LogP contribution in [0.3, 0.4) is 0 Å². The molecular weight excluding hydrogens is 427 g/mol. The molecule has 0 aromatic rings. The lowest BCUT2D eigenvalue weighted by molar-refractivity contribution is -0.121. The van der Waals surface area contributed by atoms with Crippen LogP contribution in [-0.4, -0.2) is 50.0 Å². The molecule has 2 saturated carbocycles. The number of likely N-dealkylation sites (tertiary alicyclic amines) is 1. The maximum atomic E-state index is 11.6. The molecule has 0 aromatic carbocycles. The van der Waals surface area contributed by atoms with E-state index in [1.807, 2.05) is 0 Å². The van der Waals surface area contributed by atoms with E-state index in [0.29, 0.717) is 17.8 Å². The molecule has 0 bridgehead atoms. The predicted molar refractivity (Wildman–Crippen MR) is 113 cm³/mol. The molecule has 1 heterocycles. The van der Waals surface area contributed by atoms with Crippen LogP contribution < -0.4 is 10.6 Å². The molecule has 6 heteroatoms. The van der Waals surface area contributed by atoms with Gasteiger partial charge < -0.3 is 15.5 Å². The zero-order valence-corrected chi connectivity index (χ0v) is 18.2. The summed E-state index contributed by atoms with van der Waals surface area (Å²) in [5, 5.41) is 6.24. The van der Waals surface area contributed by atoms with Gasteiger partial charge in [-0.25, -0.2) is 0 Å². The second kappa shape index (κ2) is 9.42. The molecule has 3 aliphatic rings. The van der Waals surface area contributed by atoms with Crippen LogP contribution in [0.15, 0.2) is 4.99 Å². The number of carbonyl (C=O) groups excluding carboxylic acids is 1. The van der Waals surface area contributed by atoms with E-state index in [1.54, 1.807) is 7.05 Å². The topological polar surface area (TPSA) is 56.7 Å². The van der Waals surface area contributed by atoms with E-state index >= 15 is 0 Å². The molecule has 144 valence electrons. The number of hydrogen-bond donors (Lipinski definition) is 2. The van der Waals surface area contributed by atoms with Gasteiger partial charge in [0.05, 0.1) is 0 Å². The molecular formula is C19H35IN4O. The van der Waals surface area contributed by atoms with Crippen LogP contribution in [-0.2, 0) is 4.79 Å². The van der Waals surface area contributed by atoms with Gasteiger partial charge in [0.25, 0.3) is 0 Å². The Morgan fingerprint density at radius 2 is 1.88 bits per heavy atom. The van der Waals surface area contributed by atoms with Crippen LogP contribution in [0.25, 0.3) is 0 Å². The third-order valence-electron chi connectivity index (χ3n) is 6.34. The van der Waals surface area contributed by atoms with Gasteiger partial charge in [-0.15, -0.1) is 24.0 Å². The van der Waals surface area contributed by atoms with Crippen LogP contribution in [0, 0.1) is 17.3 Å². The first-order valence-electron chi connectivity index (χ1n) is 9.90. The third kappa shape index (κ3) is 5.23. The minimum absolute atomic E-state index is 0. The predicted octanol–water partition coefficient (Wildman–Crippen LogP) is 3.00. The highest BCUT2D eigenvalue weighted by Gasteiger charge is 2.48. The first-order valence-corrected chi connectivity index (χ1v) is 9.90. The molecule has 1 aliphatic heterocycles. The fourth-order valence-electron chi connectivity index (χ4n) is 4.39. The Balaban J connectivity index is 0.00000225. The molecule has 1 saturated heterocycles. The molecule has 25 heavy (non-hydrogen) atoms. The molecule has 1 amide bonds. The second-order valence-electron chi connectivity index (χ2n) is 7.97. The van der Waals surface area contributed by atoms with Crippen molar-refractivity contribution in [2.75, 3.05) is 33.2 Å². The normalized spacial score (nSPS) is 23.4. The summed E-state index contributed by atoms with van der Waals surface area (Å²) >= 11 is 0. The number of nitrogens with one attached hydrogen (secondary N) is 2. The van der Waals surface area contributed by atoms with Gasteiger partial charge in [-0.3, -0.25) is 9.79 Å². The molecule has 5 nitrogen and oxygen atoms in total. The molecule has 0 spiro atoms. The van der Waals surface area contributed by atoms with E-state index in [1.165, 1.54) is 32.1 Å². The number of piperidine rings is 1. The van der Waals surface area contributed by atoms with Gasteiger partial charge in [-0.05, 0) is 62.7 Å². The standard InChI is InChI=1S/C19H34N4O.HI/c1-3-21-18(22-14-19(9-4-10-19)16-5-6-16)23-11-7-15(8-12-23)13-17(24)20-2;/h15-16H,3-14H2,1-2H3,(H,20,24)(H,21,22);1H. The number of aliphatic imine (C=N–C) groups is 1. The lowest BCUT2D eigenvalue weighted by atomic mass is 9.65. The van der Waals surface area contributed by atoms with Crippen LogP contribution in [0.2, 0.25) is 0 Å². The Labute approximate surface area is 169 Å². The van der Waals surface area contributed by atoms with Crippen molar-refractivity contribution in [3.05, 3.63) is 0 Å². The Bertz CT molecular complexity index is 466. The smallest absolute Gasteiger partial charge is 0.220 e. The summed E-state index contributed by atoms with van der Waals surface area (Å²) in [6.45, 7) is 6.12. The Morgan fingerprint density at radius 3 is 2.36 bits per heavy atom. The highest BCUT2D eigenvalue weighted by atomic mass is 127. The number of carbonyl (C=O) groups is 1. The summed E-state index contributed by atoms with van der Waals surface area (Å²) in [6, 6.07) is 0. The van der Waals surface area contributed by atoms with Crippen molar-refractivity contribution >= 4 is 35.8 Å². The van der Waals surface area contributed by atoms with Crippen LogP contribution >= 0.6 is 24.0 Å². The summed E-state index contributed by atoms with van der Waals surface area (Å²) in [4.78, 5) is 19.0. The lowest BCUT2D eigenvalue weighted by Gasteiger charge is -2.42. The number of guanidine groups is 1. The SMILES string of the molecule is CCNC(=NCC1(C2CC2)CCC1)N1CCC(CC(=O)NC)CC1.I. The zero-order chi connectivity index (χ0) is 17.0. The summed E-state index contributed by atoms with van der Waals surface area (Å²) < 4.78 is 0. The molecule has 0 radical (unpaired) electrons. The average molecular weight is 462 g/mol. The summed E-state index contributed by atoms with van der Waals surface area (Å²) in [5.74, 6) is 2.75. The molecule has 0 unspecified atom stereocenters. The maximum absolute atomic E-state index is 11.6. The van der Waals surface area contributed by atoms with E-state index in [2.05, 4.69) is 22.5 Å². The number of nitrogens with zero attached hydrogens (tertiary/aromatic N) is 2. The molecule has 3 fully saturated rings. The molecule has 2 N–H and O–H groups in total. The molecule has 0 atom stereocenters. The average Bonchev–Trinajstić information content (AvgIpc) is 3.39. The van der Waals surface area contributed by atoms with Gasteiger partial charge in [-0.1, -0.05) is 6.42 Å². The van der Waals surface area contributed by atoms with E-state index in [-0.39, 0.29) is 29.9 Å². The third-order valence-corrected chi connectivity index (χ3v) is 6.34. The van der Waals surface area contributed by atoms with E-state index in [9.17, 15) is 4.79 Å². The lowest BCUT2D eigenvalue weighted by Crippen LogP contribution is -2.47. The quantitative estimate of drug-likeness (QED) is 0.363. The van der Waals surface area contributed by atoms with E-state index in [0.717, 1.165) is 50.9 Å². The monoisotopic (exact) mass is 462 g/mol. The summed E-state index contributed by atoms with van der Waals surface area (Å²) in [7, 11) is 1.73. The van der Waals surface area contributed by atoms with Crippen molar-refractivity contribution in [1.82, 2.24) is 15.5 Å². The number of amides is 1. The minimum Gasteiger partial charge on any atom is -0.359 e. The van der Waals surface area contributed by atoms with Crippen LogP contribution in [0.1, 0.15) is 58.3 Å². The van der Waals surface area contributed by atoms with Crippen LogP contribution in [0.5, 0.6) is 0 Å². The van der Waals surface area contributed by atoms with Crippen molar-refractivity contribution in [2.45, 2.75) is 58.3 Å².